The molecule has 276 valence electrons. The van der Waals surface area contributed by atoms with Gasteiger partial charge in [-0.2, -0.15) is 13.2 Å². The Balaban J connectivity index is 1.16. The maximum atomic E-state index is 14.6. The number of ether oxygens (including phenoxy) is 1. The Labute approximate surface area is 298 Å². The van der Waals surface area contributed by atoms with Crippen molar-refractivity contribution in [2.45, 2.75) is 77.0 Å². The van der Waals surface area contributed by atoms with E-state index in [-0.39, 0.29) is 49.8 Å². The van der Waals surface area contributed by atoms with Crippen molar-refractivity contribution < 1.29 is 44.9 Å². The number of aryl methyl sites for hydroxylation is 1. The number of fused-ring (bicyclic) bond motifs is 1. The molecule has 1 N–H and O–H groups in total. The predicted octanol–water partition coefficient (Wildman–Crippen LogP) is 9.67. The topological polar surface area (TPSA) is 118 Å². The lowest BCUT2D eigenvalue weighted by Gasteiger charge is -2.45. The number of phosphoric acid groups is 1. The van der Waals surface area contributed by atoms with Crippen molar-refractivity contribution in [3.05, 3.63) is 101 Å². The van der Waals surface area contributed by atoms with Gasteiger partial charge in [-0.25, -0.2) is 13.9 Å². The quantitative estimate of drug-likeness (QED) is 0.0871. The number of nitrogens with one attached hydrogen (secondary N) is 1. The number of aromatic nitrogens is 3. The van der Waals surface area contributed by atoms with Crippen LogP contribution < -0.4 is 10.1 Å². The Morgan fingerprint density at radius 2 is 1.54 bits per heavy atom. The summed E-state index contributed by atoms with van der Waals surface area (Å²) in [6.45, 7) is 5.12. The van der Waals surface area contributed by atoms with Gasteiger partial charge in [0.2, 0.25) is 0 Å². The predicted molar refractivity (Wildman–Crippen MR) is 187 cm³/mol. The number of hydrogen-bond donors (Lipinski definition) is 1. The standard InChI is InChI=1S/C37H39F4N4O6P/c1-24-15-31(43-32-29(24)16-28(47-23-37(39,40)41)17-30(32)35(2,3)4)33-44-45-34(50-33)42-27-18-36(19-27,22-38)51-52(46,48-20-25-11-7-5-8-12-25)49-21-26-13-9-6-10-14-26/h5-17,27H,18-23H2,1-4H3,(H,42,45). The van der Waals surface area contributed by atoms with Gasteiger partial charge in [0.1, 0.15) is 23.7 Å². The fourth-order valence-electron chi connectivity index (χ4n) is 5.89. The number of halogens is 4. The first-order valence-electron chi connectivity index (χ1n) is 16.6. The summed E-state index contributed by atoms with van der Waals surface area (Å²) in [6, 6.07) is 22.7. The van der Waals surface area contributed by atoms with E-state index in [1.54, 1.807) is 43.3 Å². The summed E-state index contributed by atoms with van der Waals surface area (Å²) in [5, 5.41) is 12.0. The van der Waals surface area contributed by atoms with Crippen LogP contribution in [0, 0.1) is 6.92 Å². The van der Waals surface area contributed by atoms with Gasteiger partial charge in [-0.1, -0.05) is 86.5 Å². The number of benzene rings is 3. The fraction of sp³-hybridized carbons (Fsp3) is 0.378. The molecule has 1 aliphatic rings. The molecule has 10 nitrogen and oxygen atoms in total. The van der Waals surface area contributed by atoms with Gasteiger partial charge in [0.15, 0.2) is 6.61 Å². The van der Waals surface area contributed by atoms with Crippen LogP contribution in [0.5, 0.6) is 5.75 Å². The maximum absolute atomic E-state index is 14.6. The molecule has 1 aliphatic carbocycles. The molecule has 52 heavy (non-hydrogen) atoms. The molecule has 0 aliphatic heterocycles. The summed E-state index contributed by atoms with van der Waals surface area (Å²) in [5.74, 6) is 0.192. The molecule has 6 rings (SSSR count). The van der Waals surface area contributed by atoms with Gasteiger partial charge in [-0.05, 0) is 52.8 Å². The first kappa shape index (κ1) is 37.4. The van der Waals surface area contributed by atoms with Gasteiger partial charge in [0, 0.05) is 24.3 Å². The Kier molecular flexibility index (Phi) is 10.7. The monoisotopic (exact) mass is 742 g/mol. The number of nitrogens with zero attached hydrogens (tertiary/aromatic N) is 3. The Morgan fingerprint density at radius 3 is 2.10 bits per heavy atom. The zero-order chi connectivity index (χ0) is 37.1. The van der Waals surface area contributed by atoms with Crippen molar-refractivity contribution in [1.82, 2.24) is 15.2 Å². The molecule has 3 aromatic carbocycles. The van der Waals surface area contributed by atoms with Crippen molar-refractivity contribution in [1.29, 1.82) is 0 Å². The number of alkyl halides is 4. The van der Waals surface area contributed by atoms with Crippen LogP contribution in [-0.2, 0) is 36.8 Å². The van der Waals surface area contributed by atoms with Crippen LogP contribution in [0.1, 0.15) is 55.9 Å². The minimum Gasteiger partial charge on any atom is -0.484 e. The third-order valence-electron chi connectivity index (χ3n) is 8.53. The molecule has 0 spiro atoms. The largest absolute Gasteiger partial charge is 0.484 e. The number of phosphoric ester groups is 1. The van der Waals surface area contributed by atoms with Gasteiger partial charge < -0.3 is 14.5 Å². The van der Waals surface area contributed by atoms with Gasteiger partial charge in [0.25, 0.3) is 5.89 Å². The average molecular weight is 743 g/mol. The molecule has 15 heteroatoms. The van der Waals surface area contributed by atoms with Crippen molar-refractivity contribution in [2.24, 2.45) is 0 Å². The van der Waals surface area contributed by atoms with Crippen molar-refractivity contribution >= 4 is 24.7 Å². The molecule has 0 saturated heterocycles. The Morgan fingerprint density at radius 1 is 0.923 bits per heavy atom. The lowest BCUT2D eigenvalue weighted by molar-refractivity contribution is -0.153. The molecule has 0 atom stereocenters. The second-order valence-electron chi connectivity index (χ2n) is 13.9. The van der Waals surface area contributed by atoms with E-state index in [2.05, 4.69) is 15.5 Å². The summed E-state index contributed by atoms with van der Waals surface area (Å²) >= 11 is 0. The molecule has 1 saturated carbocycles. The molecule has 0 unspecified atom stereocenters. The molecule has 0 bridgehead atoms. The van der Waals surface area contributed by atoms with E-state index < -0.39 is 38.3 Å². The lowest BCUT2D eigenvalue weighted by Crippen LogP contribution is -2.53. The molecule has 2 aromatic heterocycles. The van der Waals surface area contributed by atoms with E-state index >= 15 is 0 Å². The second-order valence-corrected chi connectivity index (χ2v) is 15.5. The molecule has 2 heterocycles. The zero-order valence-electron chi connectivity index (χ0n) is 29.1. The summed E-state index contributed by atoms with van der Waals surface area (Å²) in [6.07, 6.45) is -4.27. The highest BCUT2D eigenvalue weighted by Crippen LogP contribution is 2.58. The van der Waals surface area contributed by atoms with Crippen molar-refractivity contribution in [3.63, 3.8) is 0 Å². The summed E-state index contributed by atoms with van der Waals surface area (Å²) in [7, 11) is -4.24. The second kappa shape index (κ2) is 14.9. The third kappa shape index (κ3) is 9.16. The summed E-state index contributed by atoms with van der Waals surface area (Å²) in [5.41, 5.74) is 1.88. The molecule has 0 radical (unpaired) electrons. The molecular formula is C37H39F4N4O6P. The Bertz CT molecular complexity index is 1990. The molecular weight excluding hydrogens is 703 g/mol. The smallest absolute Gasteiger partial charge is 0.476 e. The molecule has 5 aromatic rings. The minimum atomic E-state index is -4.48. The fourth-order valence-corrected chi connectivity index (χ4v) is 7.35. The highest BCUT2D eigenvalue weighted by atomic mass is 31.2. The first-order chi connectivity index (χ1) is 24.6. The van der Waals surface area contributed by atoms with E-state index in [0.29, 0.717) is 27.7 Å². The average Bonchev–Trinajstić information content (AvgIpc) is 3.57. The van der Waals surface area contributed by atoms with Gasteiger partial charge >= 0.3 is 20.0 Å². The minimum absolute atomic E-state index is 0.0581. The Hall–Kier alpha value is -4.36. The third-order valence-corrected chi connectivity index (χ3v) is 10.0. The van der Waals surface area contributed by atoms with Gasteiger partial charge in [-0.15, -0.1) is 5.10 Å². The van der Waals surface area contributed by atoms with E-state index in [0.717, 1.165) is 11.1 Å². The van der Waals surface area contributed by atoms with E-state index in [1.165, 1.54) is 6.07 Å². The van der Waals surface area contributed by atoms with Crippen LogP contribution in [0.25, 0.3) is 22.5 Å². The van der Waals surface area contributed by atoms with E-state index in [4.69, 9.17) is 27.7 Å². The summed E-state index contributed by atoms with van der Waals surface area (Å²) < 4.78 is 95.4. The number of pyridine rings is 1. The van der Waals surface area contributed by atoms with Crippen LogP contribution in [0.15, 0.2) is 83.3 Å². The maximum Gasteiger partial charge on any atom is 0.476 e. The zero-order valence-corrected chi connectivity index (χ0v) is 30.0. The first-order valence-corrected chi connectivity index (χ1v) is 18.1. The van der Waals surface area contributed by atoms with Crippen LogP contribution in [-0.4, -0.2) is 46.3 Å². The van der Waals surface area contributed by atoms with Crippen LogP contribution in [0.4, 0.5) is 23.6 Å². The van der Waals surface area contributed by atoms with Crippen LogP contribution in [0.3, 0.4) is 0 Å². The normalized spacial score (nSPS) is 18.0. The lowest BCUT2D eigenvalue weighted by atomic mass is 9.77. The summed E-state index contributed by atoms with van der Waals surface area (Å²) in [4.78, 5) is 4.77. The SMILES string of the molecule is Cc1cc(-c2nnc(NC3CC(CF)(OP(=O)(OCc4ccccc4)OCc4ccccc4)C3)o2)nc2c(C(C)(C)C)cc(OCC(F)(F)F)cc12. The van der Waals surface area contributed by atoms with Gasteiger partial charge in [-0.3, -0.25) is 13.6 Å². The molecule has 1 fully saturated rings. The number of rotatable bonds is 14. The van der Waals surface area contributed by atoms with Crippen molar-refractivity contribution in [2.75, 3.05) is 18.6 Å². The van der Waals surface area contributed by atoms with Crippen LogP contribution in [0.2, 0.25) is 0 Å². The van der Waals surface area contributed by atoms with E-state index in [1.807, 2.05) is 57.2 Å². The van der Waals surface area contributed by atoms with Crippen LogP contribution >= 0.6 is 7.82 Å². The van der Waals surface area contributed by atoms with E-state index in [9.17, 15) is 22.1 Å². The number of hydrogen-bond acceptors (Lipinski definition) is 10. The highest BCUT2D eigenvalue weighted by molar-refractivity contribution is 7.48. The van der Waals surface area contributed by atoms with Crippen molar-refractivity contribution in [3.8, 4) is 17.3 Å². The highest BCUT2D eigenvalue weighted by Gasteiger charge is 2.52. The molecule has 0 amide bonds. The number of anilines is 1. The van der Waals surface area contributed by atoms with Gasteiger partial charge in [0.05, 0.1) is 18.7 Å².